The van der Waals surface area contributed by atoms with E-state index in [2.05, 4.69) is 6.07 Å². The van der Waals surface area contributed by atoms with E-state index in [0.717, 1.165) is 27.5 Å². The summed E-state index contributed by atoms with van der Waals surface area (Å²) in [4.78, 5) is 10.9. The molecule has 0 heterocycles. The van der Waals surface area contributed by atoms with Crippen molar-refractivity contribution in [3.05, 3.63) is 113 Å². The Balaban J connectivity index is 1.46. The summed E-state index contributed by atoms with van der Waals surface area (Å²) in [6.45, 7) is 0.343. The number of carboxylic acid groups (broad SMARTS) is 1. The lowest BCUT2D eigenvalue weighted by Gasteiger charge is -2.07. The summed E-state index contributed by atoms with van der Waals surface area (Å²) in [5.74, 6) is -0.250. The molecule has 0 atom stereocenters. The Morgan fingerprint density at radius 1 is 0.871 bits per heavy atom. The molecule has 0 aromatic heterocycles. The minimum absolute atomic E-state index is 0.250. The van der Waals surface area contributed by atoms with Gasteiger partial charge in [-0.2, -0.15) is 5.26 Å². The smallest absolute Gasteiger partial charge is 0.335 e. The predicted molar refractivity (Wildman–Crippen MR) is 122 cm³/mol. The van der Waals surface area contributed by atoms with Crippen molar-refractivity contribution in [3.8, 4) is 11.8 Å². The molecule has 0 fully saturated rings. The first-order valence-corrected chi connectivity index (χ1v) is 9.78. The second-order valence-corrected chi connectivity index (χ2v) is 7.09. The molecule has 1 N–H and O–H groups in total. The minimum Gasteiger partial charge on any atom is -0.489 e. The molecule has 4 heteroatoms. The van der Waals surface area contributed by atoms with Crippen LogP contribution in [0.5, 0.6) is 5.75 Å². The van der Waals surface area contributed by atoms with Gasteiger partial charge >= 0.3 is 5.97 Å². The van der Waals surface area contributed by atoms with Gasteiger partial charge in [0.25, 0.3) is 0 Å². The third kappa shape index (κ3) is 4.80. The summed E-state index contributed by atoms with van der Waals surface area (Å²) >= 11 is 0. The standard InChI is InChI=1S/C27H19NO3/c28-17-25(24-12-11-21-3-1-2-4-23(21)16-24)15-19-7-13-26(14-8-19)31-18-20-5-9-22(10-6-20)27(29)30/h1-16H,18H2,(H,29,30)/b25-15-. The Morgan fingerprint density at radius 3 is 2.23 bits per heavy atom. The van der Waals surface area contributed by atoms with Crippen molar-refractivity contribution in [1.82, 2.24) is 0 Å². The molecule has 0 unspecified atom stereocenters. The molecule has 0 spiro atoms. The first-order chi connectivity index (χ1) is 15.1. The summed E-state index contributed by atoms with van der Waals surface area (Å²) in [5.41, 5.74) is 3.52. The largest absolute Gasteiger partial charge is 0.489 e. The van der Waals surface area contributed by atoms with Gasteiger partial charge in [-0.15, -0.1) is 0 Å². The Hall–Kier alpha value is -4.36. The number of nitriles is 1. The zero-order chi connectivity index (χ0) is 21.6. The molecule has 0 amide bonds. The number of hydrogen-bond acceptors (Lipinski definition) is 3. The zero-order valence-corrected chi connectivity index (χ0v) is 16.7. The van der Waals surface area contributed by atoms with E-state index in [-0.39, 0.29) is 5.56 Å². The number of allylic oxidation sites excluding steroid dienone is 1. The molecule has 0 aliphatic carbocycles. The van der Waals surface area contributed by atoms with Crippen LogP contribution in [0.15, 0.2) is 91.0 Å². The van der Waals surface area contributed by atoms with Crippen LogP contribution in [0, 0.1) is 11.3 Å². The molecular formula is C27H19NO3. The molecule has 4 aromatic carbocycles. The van der Waals surface area contributed by atoms with Gasteiger partial charge in [-0.25, -0.2) is 4.79 Å². The Bertz CT molecular complexity index is 1300. The zero-order valence-electron chi connectivity index (χ0n) is 16.7. The van der Waals surface area contributed by atoms with Gasteiger partial charge in [0.1, 0.15) is 12.4 Å². The van der Waals surface area contributed by atoms with Crippen LogP contribution in [0.1, 0.15) is 27.0 Å². The van der Waals surface area contributed by atoms with Gasteiger partial charge in [0.15, 0.2) is 0 Å². The molecule has 0 saturated heterocycles. The van der Waals surface area contributed by atoms with Gasteiger partial charge in [-0.05, 0) is 63.9 Å². The van der Waals surface area contributed by atoms with E-state index < -0.39 is 5.97 Å². The lowest BCUT2D eigenvalue weighted by molar-refractivity contribution is 0.0697. The van der Waals surface area contributed by atoms with Crippen molar-refractivity contribution >= 4 is 28.4 Å². The molecule has 31 heavy (non-hydrogen) atoms. The van der Waals surface area contributed by atoms with E-state index in [9.17, 15) is 10.1 Å². The highest BCUT2D eigenvalue weighted by molar-refractivity contribution is 5.94. The predicted octanol–water partition coefficient (Wildman–Crippen LogP) is 6.18. The fourth-order valence-electron chi connectivity index (χ4n) is 3.27. The fraction of sp³-hybridized carbons (Fsp3) is 0.0370. The van der Waals surface area contributed by atoms with Gasteiger partial charge < -0.3 is 9.84 Å². The first kappa shape index (κ1) is 19.9. The molecular weight excluding hydrogens is 386 g/mol. The molecule has 4 nitrogen and oxygen atoms in total. The number of rotatable bonds is 6. The fourth-order valence-corrected chi connectivity index (χ4v) is 3.27. The lowest BCUT2D eigenvalue weighted by atomic mass is 10.0. The van der Waals surface area contributed by atoms with Crippen LogP contribution < -0.4 is 4.74 Å². The van der Waals surface area contributed by atoms with Gasteiger partial charge in [-0.3, -0.25) is 0 Å². The van der Waals surface area contributed by atoms with Crippen LogP contribution in [0.3, 0.4) is 0 Å². The SMILES string of the molecule is N#C/C(=C/c1ccc(OCc2ccc(C(=O)O)cc2)cc1)c1ccc2ccccc2c1. The maximum atomic E-state index is 10.9. The Labute approximate surface area is 180 Å². The van der Waals surface area contributed by atoms with Crippen molar-refractivity contribution < 1.29 is 14.6 Å². The van der Waals surface area contributed by atoms with Gasteiger partial charge in [0, 0.05) is 0 Å². The number of carboxylic acids is 1. The molecule has 0 aliphatic rings. The number of nitrogens with zero attached hydrogens (tertiary/aromatic N) is 1. The normalized spacial score (nSPS) is 11.1. The average Bonchev–Trinajstić information content (AvgIpc) is 2.82. The summed E-state index contributed by atoms with van der Waals surface area (Å²) < 4.78 is 5.78. The lowest BCUT2D eigenvalue weighted by Crippen LogP contribution is -1.98. The molecule has 0 radical (unpaired) electrons. The van der Waals surface area contributed by atoms with Gasteiger partial charge in [-0.1, -0.05) is 60.7 Å². The van der Waals surface area contributed by atoms with Crippen LogP contribution in [-0.2, 0) is 6.61 Å². The van der Waals surface area contributed by atoms with E-state index in [4.69, 9.17) is 9.84 Å². The highest BCUT2D eigenvalue weighted by Crippen LogP contribution is 2.24. The van der Waals surface area contributed by atoms with Crippen molar-refractivity contribution in [2.24, 2.45) is 0 Å². The number of carbonyl (C=O) groups is 1. The third-order valence-electron chi connectivity index (χ3n) is 4.98. The third-order valence-corrected chi connectivity index (χ3v) is 4.98. The quantitative estimate of drug-likeness (QED) is 0.307. The van der Waals surface area contributed by atoms with E-state index >= 15 is 0 Å². The number of hydrogen-bond donors (Lipinski definition) is 1. The van der Waals surface area contributed by atoms with E-state index in [1.54, 1.807) is 24.3 Å². The van der Waals surface area contributed by atoms with Gasteiger partial charge in [0.2, 0.25) is 0 Å². The van der Waals surface area contributed by atoms with Crippen LogP contribution in [0.25, 0.3) is 22.4 Å². The summed E-state index contributed by atoms with van der Waals surface area (Å²) in [5, 5.41) is 20.8. The van der Waals surface area contributed by atoms with Crippen LogP contribution in [0.4, 0.5) is 0 Å². The second kappa shape index (κ2) is 8.98. The number of fused-ring (bicyclic) bond motifs is 1. The first-order valence-electron chi connectivity index (χ1n) is 9.78. The van der Waals surface area contributed by atoms with Gasteiger partial charge in [0.05, 0.1) is 17.2 Å². The van der Waals surface area contributed by atoms with Crippen molar-refractivity contribution in [2.45, 2.75) is 6.61 Å². The van der Waals surface area contributed by atoms with Crippen molar-refractivity contribution in [1.29, 1.82) is 5.26 Å². The molecule has 4 rings (SSSR count). The summed E-state index contributed by atoms with van der Waals surface area (Å²) in [7, 11) is 0. The highest BCUT2D eigenvalue weighted by Gasteiger charge is 2.04. The van der Waals surface area contributed by atoms with E-state index in [1.807, 2.05) is 72.8 Å². The van der Waals surface area contributed by atoms with Crippen molar-refractivity contribution in [2.75, 3.05) is 0 Å². The second-order valence-electron chi connectivity index (χ2n) is 7.09. The van der Waals surface area contributed by atoms with Crippen LogP contribution in [0.2, 0.25) is 0 Å². The number of aromatic carboxylic acids is 1. The number of ether oxygens (including phenoxy) is 1. The Morgan fingerprint density at radius 2 is 1.55 bits per heavy atom. The summed E-state index contributed by atoms with van der Waals surface area (Å²) in [6, 6.07) is 30.5. The van der Waals surface area contributed by atoms with Crippen LogP contribution in [-0.4, -0.2) is 11.1 Å². The Kier molecular flexibility index (Phi) is 5.77. The molecule has 150 valence electrons. The van der Waals surface area contributed by atoms with Crippen LogP contribution >= 0.6 is 0 Å². The van der Waals surface area contributed by atoms with E-state index in [0.29, 0.717) is 17.9 Å². The topological polar surface area (TPSA) is 70.3 Å². The monoisotopic (exact) mass is 405 g/mol. The minimum atomic E-state index is -0.948. The summed E-state index contributed by atoms with van der Waals surface area (Å²) in [6.07, 6.45) is 1.86. The van der Waals surface area contributed by atoms with E-state index in [1.165, 1.54) is 0 Å². The molecule has 0 saturated carbocycles. The maximum absolute atomic E-state index is 10.9. The highest BCUT2D eigenvalue weighted by atomic mass is 16.5. The number of benzene rings is 4. The molecule has 4 aromatic rings. The average molecular weight is 405 g/mol. The molecule has 0 aliphatic heterocycles. The maximum Gasteiger partial charge on any atom is 0.335 e. The molecule has 0 bridgehead atoms. The van der Waals surface area contributed by atoms with Crippen molar-refractivity contribution in [3.63, 3.8) is 0 Å².